The molecule has 1 aromatic rings. The first-order chi connectivity index (χ1) is 8.24. The number of rotatable bonds is 5. The summed E-state index contributed by atoms with van der Waals surface area (Å²) in [6.07, 6.45) is 3.38. The highest BCUT2D eigenvalue weighted by Crippen LogP contribution is 2.32. The lowest BCUT2D eigenvalue weighted by molar-refractivity contribution is 0.0933. The molecule has 0 radical (unpaired) electrons. The largest absolute Gasteiger partial charge is 0.348 e. The van der Waals surface area contributed by atoms with Crippen LogP contribution in [0.3, 0.4) is 0 Å². The normalized spacial score (nSPS) is 16.6. The van der Waals surface area contributed by atoms with Gasteiger partial charge in [-0.15, -0.1) is 0 Å². The van der Waals surface area contributed by atoms with E-state index < -0.39 is 0 Å². The van der Waals surface area contributed by atoms with Crippen LogP contribution in [-0.2, 0) is 6.42 Å². The molecule has 3 N–H and O–H groups in total. The van der Waals surface area contributed by atoms with Gasteiger partial charge in [-0.25, -0.2) is 0 Å². The Kier molecular flexibility index (Phi) is 3.79. The molecular formula is C14H20N2O. The second kappa shape index (κ2) is 5.32. The highest BCUT2D eigenvalue weighted by Gasteiger charge is 2.31. The third-order valence-corrected chi connectivity index (χ3v) is 3.39. The van der Waals surface area contributed by atoms with Crippen LogP contribution in [0.15, 0.2) is 24.3 Å². The van der Waals surface area contributed by atoms with Gasteiger partial charge < -0.3 is 11.1 Å². The van der Waals surface area contributed by atoms with E-state index >= 15 is 0 Å². The Morgan fingerprint density at radius 1 is 1.41 bits per heavy atom. The minimum Gasteiger partial charge on any atom is -0.348 e. The maximum atomic E-state index is 12.0. The summed E-state index contributed by atoms with van der Waals surface area (Å²) in [6.45, 7) is 2.63. The second-order valence-electron chi connectivity index (χ2n) is 4.70. The van der Waals surface area contributed by atoms with Crippen LogP contribution in [0.2, 0.25) is 0 Å². The molecule has 1 unspecified atom stereocenters. The molecule has 1 fully saturated rings. The number of aryl methyl sites for hydroxylation is 1. The number of nitrogens with two attached hydrogens (primary N) is 1. The van der Waals surface area contributed by atoms with Gasteiger partial charge in [0.25, 0.3) is 5.91 Å². The molecular weight excluding hydrogens is 212 g/mol. The van der Waals surface area contributed by atoms with Crippen molar-refractivity contribution < 1.29 is 4.79 Å². The Morgan fingerprint density at radius 2 is 2.06 bits per heavy atom. The molecule has 0 aliphatic heterocycles. The molecule has 17 heavy (non-hydrogen) atoms. The SMILES string of the molecule is CCc1ccc(C(=O)NC(CN)C2CC2)cc1. The van der Waals surface area contributed by atoms with Crippen LogP contribution in [0.1, 0.15) is 35.7 Å². The Balaban J connectivity index is 1.97. The summed E-state index contributed by atoms with van der Waals surface area (Å²) >= 11 is 0. The zero-order valence-electron chi connectivity index (χ0n) is 10.3. The molecule has 2 rings (SSSR count). The summed E-state index contributed by atoms with van der Waals surface area (Å²) in [7, 11) is 0. The molecule has 1 saturated carbocycles. The molecule has 1 aliphatic rings. The maximum Gasteiger partial charge on any atom is 0.251 e. The number of hydrogen-bond acceptors (Lipinski definition) is 2. The van der Waals surface area contributed by atoms with E-state index in [4.69, 9.17) is 5.73 Å². The Hall–Kier alpha value is -1.35. The van der Waals surface area contributed by atoms with Crippen LogP contribution in [0, 0.1) is 5.92 Å². The van der Waals surface area contributed by atoms with E-state index in [0.29, 0.717) is 12.5 Å². The van der Waals surface area contributed by atoms with Crippen molar-refractivity contribution in [3.63, 3.8) is 0 Å². The number of carbonyl (C=O) groups excluding carboxylic acids is 1. The van der Waals surface area contributed by atoms with Gasteiger partial charge in [-0.1, -0.05) is 19.1 Å². The van der Waals surface area contributed by atoms with Gasteiger partial charge in [0.2, 0.25) is 0 Å². The fourth-order valence-corrected chi connectivity index (χ4v) is 2.01. The van der Waals surface area contributed by atoms with E-state index in [1.165, 1.54) is 18.4 Å². The summed E-state index contributed by atoms with van der Waals surface area (Å²) in [5, 5.41) is 3.02. The zero-order valence-corrected chi connectivity index (χ0v) is 10.3. The van der Waals surface area contributed by atoms with E-state index in [2.05, 4.69) is 12.2 Å². The number of benzene rings is 1. The predicted molar refractivity (Wildman–Crippen MR) is 68.9 cm³/mol. The molecule has 0 spiro atoms. The average Bonchev–Trinajstić information content (AvgIpc) is 3.20. The lowest BCUT2D eigenvalue weighted by atomic mass is 10.1. The van der Waals surface area contributed by atoms with Gasteiger partial charge in [-0.2, -0.15) is 0 Å². The highest BCUT2D eigenvalue weighted by molar-refractivity contribution is 5.94. The second-order valence-corrected chi connectivity index (χ2v) is 4.70. The fourth-order valence-electron chi connectivity index (χ4n) is 2.01. The van der Waals surface area contributed by atoms with Gasteiger partial charge >= 0.3 is 0 Å². The van der Waals surface area contributed by atoms with Crippen LogP contribution in [0.25, 0.3) is 0 Å². The van der Waals surface area contributed by atoms with Crippen molar-refractivity contribution in [3.8, 4) is 0 Å². The minimum atomic E-state index is -0.00463. The van der Waals surface area contributed by atoms with Gasteiger partial charge in [0.05, 0.1) is 0 Å². The van der Waals surface area contributed by atoms with E-state index in [-0.39, 0.29) is 11.9 Å². The average molecular weight is 232 g/mol. The zero-order chi connectivity index (χ0) is 12.3. The molecule has 0 saturated heterocycles. The van der Waals surface area contributed by atoms with Crippen LogP contribution in [-0.4, -0.2) is 18.5 Å². The number of hydrogen-bond donors (Lipinski definition) is 2. The first-order valence-electron chi connectivity index (χ1n) is 6.34. The quantitative estimate of drug-likeness (QED) is 0.812. The van der Waals surface area contributed by atoms with E-state index in [1.807, 2.05) is 24.3 Å². The fraction of sp³-hybridized carbons (Fsp3) is 0.500. The Labute approximate surface area is 102 Å². The molecule has 1 aliphatic carbocycles. The molecule has 3 heteroatoms. The third-order valence-electron chi connectivity index (χ3n) is 3.39. The van der Waals surface area contributed by atoms with Crippen molar-refractivity contribution in [2.45, 2.75) is 32.2 Å². The first kappa shape index (κ1) is 12.1. The molecule has 1 atom stereocenters. The molecule has 0 heterocycles. The molecule has 1 amide bonds. The van der Waals surface area contributed by atoms with Crippen molar-refractivity contribution >= 4 is 5.91 Å². The standard InChI is InChI=1S/C14H20N2O/c1-2-10-3-5-12(6-4-10)14(17)16-13(9-15)11-7-8-11/h3-6,11,13H,2,7-9,15H2,1H3,(H,16,17). The van der Waals surface area contributed by atoms with Gasteiger partial charge in [0, 0.05) is 18.2 Å². The van der Waals surface area contributed by atoms with Crippen molar-refractivity contribution in [1.82, 2.24) is 5.32 Å². The van der Waals surface area contributed by atoms with Crippen LogP contribution in [0.4, 0.5) is 0 Å². The molecule has 0 bridgehead atoms. The topological polar surface area (TPSA) is 55.1 Å². The summed E-state index contributed by atoms with van der Waals surface area (Å²) < 4.78 is 0. The lowest BCUT2D eigenvalue weighted by Crippen LogP contribution is -2.41. The third kappa shape index (κ3) is 3.07. The summed E-state index contributed by atoms with van der Waals surface area (Å²) in [5.74, 6) is 0.592. The molecule has 92 valence electrons. The molecule has 0 aromatic heterocycles. The number of carbonyl (C=O) groups is 1. The first-order valence-corrected chi connectivity index (χ1v) is 6.34. The maximum absolute atomic E-state index is 12.0. The van der Waals surface area contributed by atoms with Crippen molar-refractivity contribution in [3.05, 3.63) is 35.4 Å². The van der Waals surface area contributed by atoms with Crippen molar-refractivity contribution in [2.24, 2.45) is 11.7 Å². The van der Waals surface area contributed by atoms with Crippen LogP contribution >= 0.6 is 0 Å². The van der Waals surface area contributed by atoms with Crippen LogP contribution in [0.5, 0.6) is 0 Å². The monoisotopic (exact) mass is 232 g/mol. The van der Waals surface area contributed by atoms with Crippen molar-refractivity contribution in [2.75, 3.05) is 6.54 Å². The molecule has 1 aromatic carbocycles. The predicted octanol–water partition coefficient (Wildman–Crippen LogP) is 1.72. The van der Waals surface area contributed by atoms with Gasteiger partial charge in [0.1, 0.15) is 0 Å². The van der Waals surface area contributed by atoms with Gasteiger partial charge in [0.15, 0.2) is 0 Å². The Morgan fingerprint density at radius 3 is 2.53 bits per heavy atom. The lowest BCUT2D eigenvalue weighted by Gasteiger charge is -2.16. The van der Waals surface area contributed by atoms with E-state index in [9.17, 15) is 4.79 Å². The summed E-state index contributed by atoms with van der Waals surface area (Å²) in [4.78, 5) is 12.0. The minimum absolute atomic E-state index is 0.00463. The van der Waals surface area contributed by atoms with Gasteiger partial charge in [-0.3, -0.25) is 4.79 Å². The summed E-state index contributed by atoms with van der Waals surface area (Å²) in [6, 6.07) is 7.92. The number of nitrogens with one attached hydrogen (secondary N) is 1. The van der Waals surface area contributed by atoms with Crippen LogP contribution < -0.4 is 11.1 Å². The van der Waals surface area contributed by atoms with Crippen molar-refractivity contribution in [1.29, 1.82) is 0 Å². The molecule has 3 nitrogen and oxygen atoms in total. The van der Waals surface area contributed by atoms with E-state index in [1.54, 1.807) is 0 Å². The number of amides is 1. The smallest absolute Gasteiger partial charge is 0.251 e. The Bertz CT molecular complexity index is 382. The summed E-state index contributed by atoms with van der Waals surface area (Å²) in [5.41, 5.74) is 7.64. The van der Waals surface area contributed by atoms with E-state index in [0.717, 1.165) is 12.0 Å². The van der Waals surface area contributed by atoms with Gasteiger partial charge in [-0.05, 0) is 42.9 Å². The highest BCUT2D eigenvalue weighted by atomic mass is 16.1.